The van der Waals surface area contributed by atoms with Crippen LogP contribution in [-0.2, 0) is 4.79 Å². The molecule has 0 radical (unpaired) electrons. The molecule has 2 atom stereocenters. The number of ketones is 1. The highest BCUT2D eigenvalue weighted by Gasteiger charge is 2.29. The van der Waals surface area contributed by atoms with Crippen molar-refractivity contribution in [2.45, 2.75) is 44.1 Å². The van der Waals surface area contributed by atoms with Crippen LogP contribution in [0, 0.1) is 11.3 Å². The van der Waals surface area contributed by atoms with Gasteiger partial charge in [-0.15, -0.1) is 11.3 Å². The molecule has 2 aromatic rings. The molecule has 0 spiro atoms. The fourth-order valence-corrected chi connectivity index (χ4v) is 4.44. The summed E-state index contributed by atoms with van der Waals surface area (Å²) in [4.78, 5) is 18.5. The first-order valence-corrected chi connectivity index (χ1v) is 9.82. The number of nitrogens with one attached hydrogen (secondary N) is 1. The van der Waals surface area contributed by atoms with Crippen molar-refractivity contribution in [3.63, 3.8) is 0 Å². The Morgan fingerprint density at radius 2 is 2.04 bits per heavy atom. The van der Waals surface area contributed by atoms with Crippen LogP contribution in [0.25, 0.3) is 11.3 Å². The number of hydrogen-bond acceptors (Lipinski definition) is 4. The van der Waals surface area contributed by atoms with Gasteiger partial charge in [0.15, 0.2) is 5.92 Å². The first-order chi connectivity index (χ1) is 12.2. The molecule has 3 rings (SSSR count). The van der Waals surface area contributed by atoms with E-state index in [-0.39, 0.29) is 5.78 Å². The Hall–Kier alpha value is -2.03. The summed E-state index contributed by atoms with van der Waals surface area (Å²) in [6, 6.07) is 12.6. The molecule has 1 heterocycles. The van der Waals surface area contributed by atoms with E-state index in [9.17, 15) is 10.1 Å². The number of Topliss-reactive ketones (excluding diaryl/α,β-unsaturated/α-hetero) is 1. The minimum atomic E-state index is -0.749. The third-order valence-electron chi connectivity index (χ3n) is 5.04. The molecular weight excluding hydrogens is 330 g/mol. The molecule has 0 bridgehead atoms. The van der Waals surface area contributed by atoms with E-state index >= 15 is 0 Å². The molecule has 1 aromatic heterocycles. The number of carbonyl (C=O) groups is 1. The van der Waals surface area contributed by atoms with Crippen LogP contribution in [0.4, 0.5) is 0 Å². The number of rotatable bonds is 6. The van der Waals surface area contributed by atoms with Crippen molar-refractivity contribution in [2.75, 3.05) is 13.6 Å². The second kappa shape index (κ2) is 8.37. The summed E-state index contributed by atoms with van der Waals surface area (Å²) < 4.78 is 0. The summed E-state index contributed by atoms with van der Waals surface area (Å²) in [5.41, 5.74) is 1.85. The zero-order valence-electron chi connectivity index (χ0n) is 14.6. The van der Waals surface area contributed by atoms with Gasteiger partial charge >= 0.3 is 0 Å². The number of aromatic nitrogens is 1. The second-order valence-corrected chi connectivity index (χ2v) is 7.71. The van der Waals surface area contributed by atoms with Gasteiger partial charge in [-0.3, -0.25) is 4.79 Å². The van der Waals surface area contributed by atoms with E-state index in [4.69, 9.17) is 0 Å². The molecule has 0 amide bonds. The van der Waals surface area contributed by atoms with Crippen LogP contribution in [0.3, 0.4) is 0 Å². The van der Waals surface area contributed by atoms with Gasteiger partial charge < -0.3 is 4.90 Å². The summed E-state index contributed by atoms with van der Waals surface area (Å²) in [5.74, 6) is -0.763. The standard InChI is InChI=1S/C20H23N3OS/c1-23(16-10-6-3-7-11-16)13-19(24)17(12-21)20-22-18(14-25-20)15-8-4-2-5-9-15/h2,4-5,8-9,14,16-17H,3,6-7,10-11,13H2,1H3/p+1/t17-/m1/s1. The molecule has 1 fully saturated rings. The molecule has 1 aromatic carbocycles. The van der Waals surface area contributed by atoms with E-state index in [2.05, 4.69) is 18.1 Å². The van der Waals surface area contributed by atoms with Crippen molar-refractivity contribution in [3.8, 4) is 17.3 Å². The minimum Gasteiger partial charge on any atom is -0.329 e. The lowest BCUT2D eigenvalue weighted by atomic mass is 9.94. The molecule has 1 aliphatic carbocycles. The Morgan fingerprint density at radius 1 is 1.32 bits per heavy atom. The maximum atomic E-state index is 12.7. The van der Waals surface area contributed by atoms with Crippen LogP contribution in [0.15, 0.2) is 35.7 Å². The summed E-state index contributed by atoms with van der Waals surface area (Å²) in [5, 5.41) is 12.1. The van der Waals surface area contributed by atoms with Gasteiger partial charge in [-0.2, -0.15) is 5.26 Å². The van der Waals surface area contributed by atoms with Gasteiger partial charge in [0.05, 0.1) is 24.9 Å². The highest BCUT2D eigenvalue weighted by atomic mass is 32.1. The largest absolute Gasteiger partial charge is 0.329 e. The Kier molecular flexibility index (Phi) is 5.95. The average Bonchev–Trinajstić information content (AvgIpc) is 3.13. The lowest BCUT2D eigenvalue weighted by molar-refractivity contribution is -0.899. The number of likely N-dealkylation sites (N-methyl/N-ethyl adjacent to an activating group) is 1. The Morgan fingerprint density at radius 3 is 2.72 bits per heavy atom. The van der Waals surface area contributed by atoms with Crippen molar-refractivity contribution in [1.82, 2.24) is 4.98 Å². The van der Waals surface area contributed by atoms with Crippen LogP contribution < -0.4 is 4.90 Å². The Balaban J connectivity index is 1.68. The van der Waals surface area contributed by atoms with Crippen LogP contribution >= 0.6 is 11.3 Å². The van der Waals surface area contributed by atoms with Gasteiger partial charge in [-0.05, 0) is 25.7 Å². The highest BCUT2D eigenvalue weighted by Crippen LogP contribution is 2.26. The summed E-state index contributed by atoms with van der Waals surface area (Å²) in [6.07, 6.45) is 6.19. The van der Waals surface area contributed by atoms with Crippen molar-refractivity contribution in [2.24, 2.45) is 0 Å². The lowest BCUT2D eigenvalue weighted by Gasteiger charge is -2.28. The maximum Gasteiger partial charge on any atom is 0.210 e. The lowest BCUT2D eigenvalue weighted by Crippen LogP contribution is -3.14. The van der Waals surface area contributed by atoms with Crippen molar-refractivity contribution >= 4 is 17.1 Å². The average molecular weight is 354 g/mol. The first kappa shape index (κ1) is 17.8. The maximum absolute atomic E-state index is 12.7. The van der Waals surface area contributed by atoms with Crippen LogP contribution in [0.1, 0.15) is 43.0 Å². The van der Waals surface area contributed by atoms with E-state index in [1.165, 1.54) is 48.3 Å². The number of nitriles is 1. The molecule has 1 aliphatic rings. The number of nitrogens with zero attached hydrogens (tertiary/aromatic N) is 2. The summed E-state index contributed by atoms with van der Waals surface area (Å²) >= 11 is 1.40. The normalized spacial score (nSPS) is 17.6. The van der Waals surface area contributed by atoms with Crippen molar-refractivity contribution in [1.29, 1.82) is 5.26 Å². The quantitative estimate of drug-likeness (QED) is 0.868. The van der Waals surface area contributed by atoms with Gasteiger partial charge in [0.2, 0.25) is 5.78 Å². The molecule has 1 saturated carbocycles. The summed E-state index contributed by atoms with van der Waals surface area (Å²) in [6.45, 7) is 0.406. The van der Waals surface area contributed by atoms with E-state index in [0.29, 0.717) is 17.6 Å². The topological polar surface area (TPSA) is 58.2 Å². The van der Waals surface area contributed by atoms with Gasteiger partial charge in [-0.1, -0.05) is 36.8 Å². The molecule has 1 unspecified atom stereocenters. The minimum absolute atomic E-state index is 0.0143. The number of quaternary nitrogens is 1. The van der Waals surface area contributed by atoms with Crippen LogP contribution in [0.2, 0.25) is 0 Å². The van der Waals surface area contributed by atoms with Gasteiger partial charge in [-0.25, -0.2) is 4.98 Å². The SMILES string of the molecule is C[NH+](CC(=O)[C@@H](C#N)c1nc(-c2ccccc2)cs1)C1CCCCC1. The van der Waals surface area contributed by atoms with Gasteiger partial charge in [0.1, 0.15) is 11.6 Å². The molecule has 25 heavy (non-hydrogen) atoms. The van der Waals surface area contributed by atoms with Crippen molar-refractivity contribution in [3.05, 3.63) is 40.7 Å². The smallest absolute Gasteiger partial charge is 0.210 e. The number of carbonyl (C=O) groups excluding carboxylic acids is 1. The highest BCUT2D eigenvalue weighted by molar-refractivity contribution is 7.10. The van der Waals surface area contributed by atoms with Crippen molar-refractivity contribution < 1.29 is 9.69 Å². The van der Waals surface area contributed by atoms with Gasteiger partial charge in [0, 0.05) is 10.9 Å². The fourth-order valence-electron chi connectivity index (χ4n) is 3.54. The predicted octanol–water partition coefficient (Wildman–Crippen LogP) is 2.83. The van der Waals surface area contributed by atoms with Crippen LogP contribution in [-0.4, -0.2) is 30.4 Å². The Labute approximate surface area is 153 Å². The molecular formula is C20H24N3OS+. The Bertz CT molecular complexity index is 744. The molecule has 1 N–H and O–H groups in total. The van der Waals surface area contributed by atoms with E-state index in [1.54, 1.807) is 0 Å². The van der Waals surface area contributed by atoms with E-state index < -0.39 is 5.92 Å². The zero-order chi connectivity index (χ0) is 17.6. The van der Waals surface area contributed by atoms with Gasteiger partial charge in [0.25, 0.3) is 0 Å². The molecule has 0 saturated heterocycles. The molecule has 0 aliphatic heterocycles. The third-order valence-corrected chi connectivity index (χ3v) is 5.95. The third kappa shape index (κ3) is 4.33. The van der Waals surface area contributed by atoms with E-state index in [0.717, 1.165) is 11.3 Å². The fraction of sp³-hybridized carbons (Fsp3) is 0.450. The monoisotopic (exact) mass is 354 g/mol. The second-order valence-electron chi connectivity index (χ2n) is 6.82. The molecule has 4 nitrogen and oxygen atoms in total. The molecule has 5 heteroatoms. The number of thiazole rings is 1. The van der Waals surface area contributed by atoms with Crippen LogP contribution in [0.5, 0.6) is 0 Å². The number of benzene rings is 1. The first-order valence-electron chi connectivity index (χ1n) is 8.94. The summed E-state index contributed by atoms with van der Waals surface area (Å²) in [7, 11) is 2.08. The predicted molar refractivity (Wildman–Crippen MR) is 99.5 cm³/mol. The number of hydrogen-bond donors (Lipinski definition) is 1. The molecule has 130 valence electrons. The van der Waals surface area contributed by atoms with E-state index in [1.807, 2.05) is 35.7 Å². The zero-order valence-corrected chi connectivity index (χ0v) is 15.4.